The van der Waals surface area contributed by atoms with Crippen LogP contribution in [-0.2, 0) is 9.53 Å². The summed E-state index contributed by atoms with van der Waals surface area (Å²) in [6.07, 6.45) is 6.62. The molecule has 3 unspecified atom stereocenters. The van der Waals surface area contributed by atoms with E-state index in [1.54, 1.807) is 0 Å². The molecule has 0 spiro atoms. The van der Waals surface area contributed by atoms with Crippen LogP contribution in [0.3, 0.4) is 0 Å². The molecule has 1 saturated carbocycles. The Kier molecular flexibility index (Phi) is 5.63. The summed E-state index contributed by atoms with van der Waals surface area (Å²) < 4.78 is 5.82. The lowest BCUT2D eigenvalue weighted by atomic mass is 9.95. The van der Waals surface area contributed by atoms with Gasteiger partial charge in [0.15, 0.2) is 0 Å². The zero-order valence-corrected chi connectivity index (χ0v) is 13.7. The number of nitrogens with zero attached hydrogens (tertiary/aromatic N) is 1. The van der Waals surface area contributed by atoms with Crippen LogP contribution < -0.4 is 11.1 Å². The average molecular weight is 297 g/mol. The van der Waals surface area contributed by atoms with Gasteiger partial charge in [0.1, 0.15) is 0 Å². The van der Waals surface area contributed by atoms with Crippen LogP contribution in [-0.4, -0.2) is 54.7 Å². The molecule has 3 N–H and O–H groups in total. The summed E-state index contributed by atoms with van der Waals surface area (Å²) in [5.74, 6) is -0.207. The van der Waals surface area contributed by atoms with Crippen LogP contribution in [0.15, 0.2) is 0 Å². The molecule has 0 aromatic heterocycles. The maximum Gasteiger partial charge on any atom is 0.237 e. The van der Waals surface area contributed by atoms with Crippen molar-refractivity contribution in [3.8, 4) is 0 Å². The van der Waals surface area contributed by atoms with Crippen molar-refractivity contribution in [1.29, 1.82) is 0 Å². The second kappa shape index (κ2) is 7.07. The quantitative estimate of drug-likeness (QED) is 0.774. The van der Waals surface area contributed by atoms with Crippen LogP contribution >= 0.6 is 0 Å². The van der Waals surface area contributed by atoms with E-state index >= 15 is 0 Å². The van der Waals surface area contributed by atoms with Gasteiger partial charge in [0.2, 0.25) is 5.91 Å². The third kappa shape index (κ3) is 4.18. The van der Waals surface area contributed by atoms with Gasteiger partial charge >= 0.3 is 0 Å². The molecule has 5 nitrogen and oxygen atoms in total. The second-order valence-corrected chi connectivity index (χ2v) is 7.07. The molecular formula is C16H31N3O2. The predicted molar refractivity (Wildman–Crippen MR) is 84.1 cm³/mol. The molecule has 1 heterocycles. The summed E-state index contributed by atoms with van der Waals surface area (Å²) in [7, 11) is 2.15. The maximum atomic E-state index is 11.9. The fraction of sp³-hybridized carbons (Fsp3) is 0.938. The summed E-state index contributed by atoms with van der Waals surface area (Å²) in [5.41, 5.74) is 5.16. The molecule has 0 radical (unpaired) electrons. The first-order chi connectivity index (χ1) is 9.93. The first kappa shape index (κ1) is 16.7. The smallest absolute Gasteiger partial charge is 0.237 e. The van der Waals surface area contributed by atoms with E-state index in [1.807, 2.05) is 0 Å². The van der Waals surface area contributed by atoms with Crippen molar-refractivity contribution < 1.29 is 9.53 Å². The van der Waals surface area contributed by atoms with Crippen LogP contribution in [0.1, 0.15) is 52.4 Å². The summed E-state index contributed by atoms with van der Waals surface area (Å²) >= 11 is 0. The molecular weight excluding hydrogens is 266 g/mol. The lowest BCUT2D eigenvalue weighted by molar-refractivity contribution is -0.124. The number of primary amides is 1. The number of hydrogen-bond donors (Lipinski definition) is 2. The number of carbonyl (C=O) groups excluding carboxylic acids is 1. The number of amides is 1. The number of rotatable bonds is 6. The monoisotopic (exact) mass is 297 g/mol. The highest BCUT2D eigenvalue weighted by Gasteiger charge is 2.45. The number of nitrogens with one attached hydrogen (secondary N) is 1. The number of hydrogen-bond acceptors (Lipinski definition) is 4. The van der Waals surface area contributed by atoms with Crippen molar-refractivity contribution in [1.82, 2.24) is 10.2 Å². The molecule has 5 heteroatoms. The molecule has 2 rings (SSSR count). The van der Waals surface area contributed by atoms with Gasteiger partial charge in [-0.15, -0.1) is 0 Å². The van der Waals surface area contributed by atoms with Gasteiger partial charge in [-0.2, -0.15) is 0 Å². The van der Waals surface area contributed by atoms with Crippen LogP contribution in [0.2, 0.25) is 0 Å². The third-order valence-corrected chi connectivity index (χ3v) is 4.91. The number of carbonyl (C=O) groups is 1. The van der Waals surface area contributed by atoms with Gasteiger partial charge in [-0.1, -0.05) is 0 Å². The topological polar surface area (TPSA) is 67.6 Å². The standard InChI is InChI=1S/C16H31N3O2/c1-12(2)18-16(15(17)20)8-7-13(10-16)19(3)11-14-6-4-5-9-21-14/h12-14,18H,4-11H2,1-3H3,(H2,17,20). The first-order valence-corrected chi connectivity index (χ1v) is 8.32. The minimum atomic E-state index is -0.527. The van der Waals surface area contributed by atoms with Crippen LogP contribution in [0.4, 0.5) is 0 Å². The highest BCUT2D eigenvalue weighted by atomic mass is 16.5. The van der Waals surface area contributed by atoms with E-state index in [-0.39, 0.29) is 11.9 Å². The van der Waals surface area contributed by atoms with Gasteiger partial charge in [-0.25, -0.2) is 0 Å². The van der Waals surface area contributed by atoms with Crippen molar-refractivity contribution in [2.75, 3.05) is 20.2 Å². The van der Waals surface area contributed by atoms with Gasteiger partial charge in [-0.3, -0.25) is 4.79 Å². The Morgan fingerprint density at radius 1 is 1.43 bits per heavy atom. The summed E-state index contributed by atoms with van der Waals surface area (Å²) in [4.78, 5) is 14.3. The molecule has 3 atom stereocenters. The van der Waals surface area contributed by atoms with Gasteiger partial charge in [0, 0.05) is 25.2 Å². The van der Waals surface area contributed by atoms with Crippen LogP contribution in [0, 0.1) is 0 Å². The summed E-state index contributed by atoms with van der Waals surface area (Å²) in [6.45, 7) is 5.99. The van der Waals surface area contributed by atoms with E-state index in [4.69, 9.17) is 10.5 Å². The van der Waals surface area contributed by atoms with Crippen molar-refractivity contribution in [2.24, 2.45) is 5.73 Å². The molecule has 122 valence electrons. The van der Waals surface area contributed by atoms with Gasteiger partial charge in [-0.05, 0) is 59.4 Å². The molecule has 21 heavy (non-hydrogen) atoms. The lowest BCUT2D eigenvalue weighted by Gasteiger charge is -2.33. The molecule has 0 aromatic rings. The van der Waals surface area contributed by atoms with E-state index in [9.17, 15) is 4.79 Å². The van der Waals surface area contributed by atoms with E-state index in [0.717, 1.165) is 38.8 Å². The Morgan fingerprint density at radius 3 is 2.76 bits per heavy atom. The molecule has 1 aliphatic heterocycles. The second-order valence-electron chi connectivity index (χ2n) is 7.07. The molecule has 0 bridgehead atoms. The van der Waals surface area contributed by atoms with E-state index < -0.39 is 5.54 Å². The fourth-order valence-corrected chi connectivity index (χ4v) is 3.80. The van der Waals surface area contributed by atoms with E-state index in [0.29, 0.717) is 12.1 Å². The Hall–Kier alpha value is -0.650. The fourth-order valence-electron chi connectivity index (χ4n) is 3.80. The predicted octanol–water partition coefficient (Wildman–Crippen LogP) is 1.26. The zero-order chi connectivity index (χ0) is 15.5. The minimum Gasteiger partial charge on any atom is -0.377 e. The average Bonchev–Trinajstić information content (AvgIpc) is 2.85. The lowest BCUT2D eigenvalue weighted by Crippen LogP contribution is -2.56. The van der Waals surface area contributed by atoms with Crippen molar-refractivity contribution >= 4 is 5.91 Å². The van der Waals surface area contributed by atoms with Crippen molar-refractivity contribution in [2.45, 2.75) is 76.1 Å². The Labute approximate surface area is 128 Å². The van der Waals surface area contributed by atoms with Crippen molar-refractivity contribution in [3.05, 3.63) is 0 Å². The molecule has 2 fully saturated rings. The molecule has 1 aliphatic carbocycles. The Bertz CT molecular complexity index is 355. The third-order valence-electron chi connectivity index (χ3n) is 4.91. The minimum absolute atomic E-state index is 0.207. The molecule has 1 amide bonds. The molecule has 2 aliphatic rings. The number of likely N-dealkylation sites (N-methyl/N-ethyl adjacent to an activating group) is 1. The largest absolute Gasteiger partial charge is 0.377 e. The van der Waals surface area contributed by atoms with Crippen LogP contribution in [0.25, 0.3) is 0 Å². The normalized spacial score (nSPS) is 33.8. The number of ether oxygens (including phenoxy) is 1. The summed E-state index contributed by atoms with van der Waals surface area (Å²) in [6, 6.07) is 0.678. The highest BCUT2D eigenvalue weighted by molar-refractivity contribution is 5.85. The van der Waals surface area contributed by atoms with Gasteiger partial charge in [0.05, 0.1) is 11.6 Å². The Balaban J connectivity index is 1.91. The maximum absolute atomic E-state index is 11.9. The van der Waals surface area contributed by atoms with Gasteiger partial charge < -0.3 is 20.7 Å². The number of nitrogens with two attached hydrogens (primary N) is 1. The van der Waals surface area contributed by atoms with E-state index in [1.165, 1.54) is 12.8 Å². The van der Waals surface area contributed by atoms with Gasteiger partial charge in [0.25, 0.3) is 0 Å². The molecule has 1 saturated heterocycles. The van der Waals surface area contributed by atoms with Crippen molar-refractivity contribution in [3.63, 3.8) is 0 Å². The molecule has 0 aromatic carbocycles. The van der Waals surface area contributed by atoms with Crippen LogP contribution in [0.5, 0.6) is 0 Å². The summed E-state index contributed by atoms with van der Waals surface area (Å²) in [5, 5.41) is 3.41. The Morgan fingerprint density at radius 2 is 2.19 bits per heavy atom. The zero-order valence-electron chi connectivity index (χ0n) is 13.7. The van der Waals surface area contributed by atoms with E-state index in [2.05, 4.69) is 31.1 Å². The highest BCUT2D eigenvalue weighted by Crippen LogP contribution is 2.33. The SMILES string of the molecule is CC(C)NC1(C(N)=O)CCC(N(C)CC2CCCCO2)C1. The first-order valence-electron chi connectivity index (χ1n) is 8.32.